The van der Waals surface area contributed by atoms with Crippen molar-refractivity contribution < 1.29 is 0 Å². The monoisotopic (exact) mass is 216 g/mol. The van der Waals surface area contributed by atoms with E-state index in [1.165, 1.54) is 0 Å². The van der Waals surface area contributed by atoms with Crippen LogP contribution in [0.3, 0.4) is 0 Å². The summed E-state index contributed by atoms with van der Waals surface area (Å²) in [5, 5.41) is 15.9. The number of nitrogens with zero attached hydrogens (tertiary/aromatic N) is 6. The second-order valence-electron chi connectivity index (χ2n) is 3.38. The maximum Gasteiger partial charge on any atom is 0.0599 e. The molecule has 0 saturated heterocycles. The second kappa shape index (κ2) is 4.52. The Hall–Kier alpha value is -2.24. The Morgan fingerprint density at radius 1 is 0.938 bits per heavy atom. The molecule has 0 saturated carbocycles. The Bertz CT molecular complexity index is 471. The van der Waals surface area contributed by atoms with Gasteiger partial charge < -0.3 is 0 Å². The Kier molecular flexibility index (Phi) is 2.90. The molecule has 0 spiro atoms. The van der Waals surface area contributed by atoms with E-state index in [0.717, 1.165) is 11.1 Å². The topological polar surface area (TPSA) is 60.4 Å². The molecule has 0 aliphatic rings. The molecule has 0 aliphatic carbocycles. The van der Waals surface area contributed by atoms with Crippen molar-refractivity contribution in [1.82, 2.24) is 19.6 Å². The molecule has 2 heterocycles. The third-order valence-electron chi connectivity index (χ3n) is 1.93. The van der Waals surface area contributed by atoms with Gasteiger partial charge in [0.1, 0.15) is 0 Å². The zero-order valence-electron chi connectivity index (χ0n) is 9.15. The summed E-state index contributed by atoms with van der Waals surface area (Å²) in [6.07, 6.45) is 10.5. The Balaban J connectivity index is 1.96. The van der Waals surface area contributed by atoms with Crippen molar-refractivity contribution in [1.29, 1.82) is 0 Å². The van der Waals surface area contributed by atoms with Crippen LogP contribution in [0.25, 0.3) is 0 Å². The van der Waals surface area contributed by atoms with Crippen LogP contribution >= 0.6 is 0 Å². The molecule has 6 heteroatoms. The molecule has 0 unspecified atom stereocenters. The Morgan fingerprint density at radius 3 is 1.69 bits per heavy atom. The molecule has 2 rings (SSSR count). The molecular weight excluding hydrogens is 204 g/mol. The molecule has 2 aromatic rings. The predicted molar refractivity (Wildman–Crippen MR) is 61.6 cm³/mol. The first-order valence-corrected chi connectivity index (χ1v) is 4.78. The van der Waals surface area contributed by atoms with E-state index in [1.54, 1.807) is 34.2 Å². The number of aryl methyl sites for hydroxylation is 2. The highest BCUT2D eigenvalue weighted by Crippen LogP contribution is 1.93. The molecule has 82 valence electrons. The highest BCUT2D eigenvalue weighted by atomic mass is 15.3. The van der Waals surface area contributed by atoms with Gasteiger partial charge in [0.05, 0.1) is 24.8 Å². The Labute approximate surface area is 92.9 Å². The van der Waals surface area contributed by atoms with Gasteiger partial charge in [-0.1, -0.05) is 0 Å². The summed E-state index contributed by atoms with van der Waals surface area (Å²) in [6, 6.07) is 0. The molecule has 0 N–H and O–H groups in total. The lowest BCUT2D eigenvalue weighted by Gasteiger charge is -1.82. The van der Waals surface area contributed by atoms with Crippen molar-refractivity contribution in [2.24, 2.45) is 24.3 Å². The van der Waals surface area contributed by atoms with E-state index in [0.29, 0.717) is 0 Å². The summed E-state index contributed by atoms with van der Waals surface area (Å²) in [7, 11) is 3.71. The van der Waals surface area contributed by atoms with Crippen molar-refractivity contribution in [2.75, 3.05) is 0 Å². The fourth-order valence-corrected chi connectivity index (χ4v) is 1.21. The maximum atomic E-state index is 4.02. The lowest BCUT2D eigenvalue weighted by Crippen LogP contribution is -1.84. The van der Waals surface area contributed by atoms with Crippen LogP contribution in [-0.4, -0.2) is 32.0 Å². The van der Waals surface area contributed by atoms with Gasteiger partial charge in [0, 0.05) is 37.6 Å². The summed E-state index contributed by atoms with van der Waals surface area (Å²) >= 11 is 0. The fraction of sp³-hybridized carbons (Fsp3) is 0.200. The number of rotatable bonds is 3. The molecule has 6 nitrogen and oxygen atoms in total. The molecule has 0 aliphatic heterocycles. The standard InChI is InChI=1S/C10H12N6/c1-15-7-9(5-13-15)3-11-12-4-10-6-14-16(2)8-10/h3-8H,1-2H3. The summed E-state index contributed by atoms with van der Waals surface area (Å²) in [5.74, 6) is 0. The van der Waals surface area contributed by atoms with Crippen LogP contribution in [0.15, 0.2) is 35.0 Å². The minimum Gasteiger partial charge on any atom is -0.275 e. The van der Waals surface area contributed by atoms with Crippen LogP contribution < -0.4 is 0 Å². The summed E-state index contributed by atoms with van der Waals surface area (Å²) < 4.78 is 3.43. The smallest absolute Gasteiger partial charge is 0.0599 e. The largest absolute Gasteiger partial charge is 0.275 e. The third kappa shape index (κ3) is 2.63. The number of hydrogen-bond donors (Lipinski definition) is 0. The highest BCUT2D eigenvalue weighted by molar-refractivity contribution is 5.81. The molecule has 0 amide bonds. The molecule has 0 fully saturated rings. The van der Waals surface area contributed by atoms with E-state index >= 15 is 0 Å². The van der Waals surface area contributed by atoms with Crippen LogP contribution in [0.5, 0.6) is 0 Å². The molecule has 0 atom stereocenters. The van der Waals surface area contributed by atoms with Gasteiger partial charge in [0.2, 0.25) is 0 Å². The van der Waals surface area contributed by atoms with Crippen LogP contribution in [0.2, 0.25) is 0 Å². The van der Waals surface area contributed by atoms with Crippen molar-refractivity contribution in [2.45, 2.75) is 0 Å². The average Bonchev–Trinajstić information content (AvgIpc) is 2.83. The molecule has 0 radical (unpaired) electrons. The van der Waals surface area contributed by atoms with Crippen LogP contribution in [0.1, 0.15) is 11.1 Å². The van der Waals surface area contributed by atoms with Crippen molar-refractivity contribution in [3.63, 3.8) is 0 Å². The summed E-state index contributed by atoms with van der Waals surface area (Å²) in [6.45, 7) is 0. The van der Waals surface area contributed by atoms with E-state index in [-0.39, 0.29) is 0 Å². The molecule has 0 aromatic carbocycles. The van der Waals surface area contributed by atoms with Crippen LogP contribution in [0, 0.1) is 0 Å². The molecular formula is C10H12N6. The lowest BCUT2D eigenvalue weighted by molar-refractivity contribution is 0.767. The molecule has 2 aromatic heterocycles. The van der Waals surface area contributed by atoms with Gasteiger partial charge in [-0.2, -0.15) is 20.4 Å². The summed E-state index contributed by atoms with van der Waals surface area (Å²) in [4.78, 5) is 0. The van der Waals surface area contributed by atoms with Gasteiger partial charge in [-0.3, -0.25) is 9.36 Å². The minimum atomic E-state index is 0.922. The minimum absolute atomic E-state index is 0.922. The highest BCUT2D eigenvalue weighted by Gasteiger charge is 1.90. The first-order valence-electron chi connectivity index (χ1n) is 4.78. The summed E-state index contributed by atoms with van der Waals surface area (Å²) in [5.41, 5.74) is 1.84. The van der Waals surface area contributed by atoms with Gasteiger partial charge in [-0.05, 0) is 0 Å². The van der Waals surface area contributed by atoms with Gasteiger partial charge in [0.25, 0.3) is 0 Å². The molecule has 0 bridgehead atoms. The van der Waals surface area contributed by atoms with E-state index in [1.807, 2.05) is 26.5 Å². The zero-order valence-corrected chi connectivity index (χ0v) is 9.15. The quantitative estimate of drug-likeness (QED) is 0.557. The van der Waals surface area contributed by atoms with E-state index in [2.05, 4.69) is 20.4 Å². The normalized spacial score (nSPS) is 11.9. The van der Waals surface area contributed by atoms with Crippen molar-refractivity contribution in [3.8, 4) is 0 Å². The van der Waals surface area contributed by atoms with Crippen molar-refractivity contribution >= 4 is 12.4 Å². The van der Waals surface area contributed by atoms with E-state index < -0.39 is 0 Å². The lowest BCUT2D eigenvalue weighted by atomic mass is 10.4. The predicted octanol–water partition coefficient (Wildman–Crippen LogP) is 0.607. The number of aromatic nitrogens is 4. The first kappa shape index (κ1) is 10.3. The SMILES string of the molecule is Cn1cc(C=NN=Cc2cnn(C)c2)cn1. The zero-order chi connectivity index (χ0) is 11.4. The van der Waals surface area contributed by atoms with Gasteiger partial charge in [0.15, 0.2) is 0 Å². The van der Waals surface area contributed by atoms with E-state index in [4.69, 9.17) is 0 Å². The fourth-order valence-electron chi connectivity index (χ4n) is 1.21. The van der Waals surface area contributed by atoms with Crippen LogP contribution in [0.4, 0.5) is 0 Å². The maximum absolute atomic E-state index is 4.02. The first-order chi connectivity index (χ1) is 7.74. The van der Waals surface area contributed by atoms with Crippen molar-refractivity contribution in [3.05, 3.63) is 35.9 Å². The second-order valence-corrected chi connectivity index (χ2v) is 3.38. The average molecular weight is 216 g/mol. The van der Waals surface area contributed by atoms with Gasteiger partial charge in [-0.25, -0.2) is 0 Å². The third-order valence-corrected chi connectivity index (χ3v) is 1.93. The van der Waals surface area contributed by atoms with Crippen LogP contribution in [-0.2, 0) is 14.1 Å². The Morgan fingerprint density at radius 2 is 1.38 bits per heavy atom. The number of hydrogen-bond acceptors (Lipinski definition) is 4. The van der Waals surface area contributed by atoms with E-state index in [9.17, 15) is 0 Å². The molecule has 16 heavy (non-hydrogen) atoms. The van der Waals surface area contributed by atoms with Gasteiger partial charge in [-0.15, -0.1) is 0 Å². The van der Waals surface area contributed by atoms with Gasteiger partial charge >= 0.3 is 0 Å².